The fourth-order valence-corrected chi connectivity index (χ4v) is 2.98. The average Bonchev–Trinajstić information content (AvgIpc) is 2.74. The van der Waals surface area contributed by atoms with Gasteiger partial charge in [-0.05, 0) is 36.4 Å². The Labute approximate surface area is 169 Å². The summed E-state index contributed by atoms with van der Waals surface area (Å²) in [5.74, 6) is -0.630. The first-order valence-corrected chi connectivity index (χ1v) is 9.37. The first-order chi connectivity index (χ1) is 14.1. The van der Waals surface area contributed by atoms with Gasteiger partial charge in [-0.3, -0.25) is 19.6 Å². The highest BCUT2D eigenvalue weighted by Gasteiger charge is 2.15. The molecule has 0 aliphatic carbocycles. The van der Waals surface area contributed by atoms with E-state index in [0.717, 1.165) is 12.1 Å². The van der Waals surface area contributed by atoms with E-state index in [4.69, 9.17) is 5.73 Å². The van der Waals surface area contributed by atoms with Crippen molar-refractivity contribution in [3.63, 3.8) is 0 Å². The minimum Gasteiger partial charge on any atom is -0.366 e. The van der Waals surface area contributed by atoms with Crippen LogP contribution in [0.3, 0.4) is 0 Å². The number of nitrogens with zero attached hydrogens (tertiary/aromatic N) is 2. The summed E-state index contributed by atoms with van der Waals surface area (Å²) in [5, 5.41) is 6.21. The van der Waals surface area contributed by atoms with Gasteiger partial charge in [0.05, 0.1) is 23.3 Å². The summed E-state index contributed by atoms with van der Waals surface area (Å²) in [4.78, 5) is 32.4. The van der Waals surface area contributed by atoms with Gasteiger partial charge in [0, 0.05) is 24.2 Å². The highest BCUT2D eigenvalue weighted by molar-refractivity contribution is 5.93. The Kier molecular flexibility index (Phi) is 6.65. The molecule has 0 fully saturated rings. The summed E-state index contributed by atoms with van der Waals surface area (Å²) >= 11 is 0. The second-order valence-corrected chi connectivity index (χ2v) is 6.50. The van der Waals surface area contributed by atoms with Crippen LogP contribution < -0.4 is 16.4 Å². The summed E-state index contributed by atoms with van der Waals surface area (Å²) in [6.07, 6.45) is 3.38. The minimum atomic E-state index is -0.522. The molecule has 0 saturated heterocycles. The van der Waals surface area contributed by atoms with Gasteiger partial charge in [0.15, 0.2) is 0 Å². The van der Waals surface area contributed by atoms with Gasteiger partial charge in [-0.2, -0.15) is 0 Å². The predicted molar refractivity (Wildman–Crippen MR) is 112 cm³/mol. The molecule has 2 heterocycles. The number of pyridine rings is 2. The SMILES string of the molecule is CCNC(CC(=O)Nc1ccc(-c2cc(C(N)=O)ccn2)nc1)c1ccccc1. The molecular formula is C22H23N5O2. The zero-order chi connectivity index (χ0) is 20.6. The molecule has 3 rings (SSSR count). The number of carbonyl (C=O) groups excluding carboxylic acids is 2. The molecule has 0 spiro atoms. The van der Waals surface area contributed by atoms with Crippen LogP contribution in [0.4, 0.5) is 5.69 Å². The lowest BCUT2D eigenvalue weighted by Gasteiger charge is -2.18. The Bertz CT molecular complexity index is 974. The Morgan fingerprint density at radius 3 is 2.48 bits per heavy atom. The molecule has 148 valence electrons. The summed E-state index contributed by atoms with van der Waals surface area (Å²) < 4.78 is 0. The standard InChI is InChI=1S/C22H23N5O2/c1-2-24-19(15-6-4-3-5-7-15)13-21(28)27-17-8-9-18(26-14-17)20-12-16(22(23)29)10-11-25-20/h3-12,14,19,24H,2,13H2,1H3,(H2,23,29)(H,27,28). The van der Waals surface area contributed by atoms with Crippen molar-refractivity contribution in [1.29, 1.82) is 0 Å². The van der Waals surface area contributed by atoms with Crippen molar-refractivity contribution in [3.05, 3.63) is 78.1 Å². The number of carbonyl (C=O) groups is 2. The lowest BCUT2D eigenvalue weighted by molar-refractivity contribution is -0.116. The zero-order valence-electron chi connectivity index (χ0n) is 16.1. The molecule has 0 bridgehead atoms. The van der Waals surface area contributed by atoms with Crippen LogP contribution in [0.1, 0.15) is 35.3 Å². The van der Waals surface area contributed by atoms with Crippen LogP contribution in [-0.2, 0) is 4.79 Å². The largest absolute Gasteiger partial charge is 0.366 e. The van der Waals surface area contributed by atoms with E-state index < -0.39 is 5.91 Å². The topological polar surface area (TPSA) is 110 Å². The van der Waals surface area contributed by atoms with E-state index in [-0.39, 0.29) is 11.9 Å². The molecule has 7 nitrogen and oxygen atoms in total. The smallest absolute Gasteiger partial charge is 0.248 e. The molecule has 0 radical (unpaired) electrons. The molecule has 1 atom stereocenters. The number of nitrogens with one attached hydrogen (secondary N) is 2. The first kappa shape index (κ1) is 20.2. The number of aromatic nitrogens is 2. The Morgan fingerprint density at radius 1 is 1.03 bits per heavy atom. The van der Waals surface area contributed by atoms with Crippen molar-refractivity contribution in [1.82, 2.24) is 15.3 Å². The molecule has 1 unspecified atom stereocenters. The average molecular weight is 389 g/mol. The third-order valence-corrected chi connectivity index (χ3v) is 4.40. The van der Waals surface area contributed by atoms with E-state index in [2.05, 4.69) is 20.6 Å². The van der Waals surface area contributed by atoms with E-state index in [1.165, 1.54) is 6.20 Å². The van der Waals surface area contributed by atoms with Gasteiger partial charge in [0.25, 0.3) is 0 Å². The van der Waals surface area contributed by atoms with Crippen LogP contribution >= 0.6 is 0 Å². The number of amides is 2. The van der Waals surface area contributed by atoms with Crippen LogP contribution in [0.2, 0.25) is 0 Å². The number of nitrogens with two attached hydrogens (primary N) is 1. The van der Waals surface area contributed by atoms with Gasteiger partial charge in [-0.15, -0.1) is 0 Å². The Morgan fingerprint density at radius 2 is 1.83 bits per heavy atom. The fraction of sp³-hybridized carbons (Fsp3) is 0.182. The minimum absolute atomic E-state index is 0.0610. The molecule has 7 heteroatoms. The van der Waals surface area contributed by atoms with Crippen molar-refractivity contribution < 1.29 is 9.59 Å². The summed E-state index contributed by atoms with van der Waals surface area (Å²) in [7, 11) is 0. The van der Waals surface area contributed by atoms with E-state index in [9.17, 15) is 9.59 Å². The van der Waals surface area contributed by atoms with Gasteiger partial charge in [0.2, 0.25) is 11.8 Å². The molecule has 4 N–H and O–H groups in total. The molecule has 2 aromatic heterocycles. The van der Waals surface area contributed by atoms with Crippen LogP contribution in [0, 0.1) is 0 Å². The van der Waals surface area contributed by atoms with Gasteiger partial charge in [-0.25, -0.2) is 0 Å². The number of benzene rings is 1. The number of anilines is 1. The maximum atomic E-state index is 12.5. The van der Waals surface area contributed by atoms with Crippen molar-refractivity contribution >= 4 is 17.5 Å². The number of hydrogen-bond acceptors (Lipinski definition) is 5. The molecule has 0 aliphatic rings. The van der Waals surface area contributed by atoms with Gasteiger partial charge < -0.3 is 16.4 Å². The normalized spacial score (nSPS) is 11.6. The Hall–Kier alpha value is -3.58. The van der Waals surface area contributed by atoms with E-state index in [0.29, 0.717) is 29.1 Å². The van der Waals surface area contributed by atoms with Gasteiger partial charge in [0.1, 0.15) is 0 Å². The lowest BCUT2D eigenvalue weighted by atomic mass is 10.0. The molecule has 3 aromatic rings. The molecular weight excluding hydrogens is 366 g/mol. The van der Waals surface area contributed by atoms with E-state index >= 15 is 0 Å². The number of primary amides is 1. The summed E-state index contributed by atoms with van der Waals surface area (Å²) in [6, 6.07) is 16.4. The maximum Gasteiger partial charge on any atom is 0.248 e. The monoisotopic (exact) mass is 389 g/mol. The maximum absolute atomic E-state index is 12.5. The highest BCUT2D eigenvalue weighted by Crippen LogP contribution is 2.20. The van der Waals surface area contributed by atoms with Crippen molar-refractivity contribution in [2.75, 3.05) is 11.9 Å². The summed E-state index contributed by atoms with van der Waals surface area (Å²) in [6.45, 7) is 2.78. The second-order valence-electron chi connectivity index (χ2n) is 6.50. The quantitative estimate of drug-likeness (QED) is 0.549. The second kappa shape index (κ2) is 9.57. The van der Waals surface area contributed by atoms with Crippen LogP contribution in [0.25, 0.3) is 11.4 Å². The fourth-order valence-electron chi connectivity index (χ4n) is 2.98. The molecule has 29 heavy (non-hydrogen) atoms. The van der Waals surface area contributed by atoms with Crippen LogP contribution in [0.5, 0.6) is 0 Å². The lowest BCUT2D eigenvalue weighted by Crippen LogP contribution is -2.26. The van der Waals surface area contributed by atoms with Crippen LogP contribution in [-0.4, -0.2) is 28.3 Å². The first-order valence-electron chi connectivity index (χ1n) is 9.37. The highest BCUT2D eigenvalue weighted by atomic mass is 16.2. The molecule has 1 aromatic carbocycles. The third-order valence-electron chi connectivity index (χ3n) is 4.40. The number of hydrogen-bond donors (Lipinski definition) is 3. The molecule has 0 aliphatic heterocycles. The predicted octanol–water partition coefficient (Wildman–Crippen LogP) is 2.92. The summed E-state index contributed by atoms with van der Waals surface area (Å²) in [5.41, 5.74) is 8.45. The van der Waals surface area contributed by atoms with Crippen molar-refractivity contribution in [3.8, 4) is 11.4 Å². The molecule has 2 amide bonds. The van der Waals surface area contributed by atoms with Crippen LogP contribution in [0.15, 0.2) is 67.0 Å². The molecule has 0 saturated carbocycles. The van der Waals surface area contributed by atoms with E-state index in [1.54, 1.807) is 30.5 Å². The Balaban J connectivity index is 1.66. The van der Waals surface area contributed by atoms with E-state index in [1.807, 2.05) is 37.3 Å². The van der Waals surface area contributed by atoms with Crippen molar-refractivity contribution in [2.24, 2.45) is 5.73 Å². The van der Waals surface area contributed by atoms with Gasteiger partial charge >= 0.3 is 0 Å². The number of rotatable bonds is 8. The third kappa shape index (κ3) is 5.46. The zero-order valence-corrected chi connectivity index (χ0v) is 16.1. The van der Waals surface area contributed by atoms with Gasteiger partial charge in [-0.1, -0.05) is 37.3 Å². The van der Waals surface area contributed by atoms with Crippen molar-refractivity contribution in [2.45, 2.75) is 19.4 Å².